The van der Waals surface area contributed by atoms with Crippen LogP contribution in [0, 0.1) is 0 Å². The summed E-state index contributed by atoms with van der Waals surface area (Å²) in [5, 5.41) is 10.8. The fourth-order valence-corrected chi connectivity index (χ4v) is 3.86. The number of thioether (sulfide) groups is 1. The van der Waals surface area contributed by atoms with Crippen LogP contribution in [0.15, 0.2) is 38.9 Å². The molecular weight excluding hydrogens is 396 g/mol. The quantitative estimate of drug-likeness (QED) is 0.417. The van der Waals surface area contributed by atoms with Crippen LogP contribution in [0.5, 0.6) is 5.75 Å². The van der Waals surface area contributed by atoms with Crippen molar-refractivity contribution in [1.29, 1.82) is 0 Å². The molecule has 2 aromatic heterocycles. The zero-order valence-electron chi connectivity index (χ0n) is 16.3. The Morgan fingerprint density at radius 2 is 1.90 bits per heavy atom. The Morgan fingerprint density at radius 3 is 2.52 bits per heavy atom. The molecule has 0 spiro atoms. The molecule has 0 amide bonds. The monoisotopic (exact) mass is 415 g/mol. The zero-order valence-corrected chi connectivity index (χ0v) is 17.1. The number of hydrogen-bond donors (Lipinski definition) is 0. The molecule has 29 heavy (non-hydrogen) atoms. The fourth-order valence-electron chi connectivity index (χ4n) is 2.90. The predicted octanol–water partition coefficient (Wildman–Crippen LogP) is 0.323. The first kappa shape index (κ1) is 20.6. The molecule has 0 saturated heterocycles. The molecule has 0 N–H and O–H groups in total. The van der Waals surface area contributed by atoms with Crippen molar-refractivity contribution in [2.24, 2.45) is 14.1 Å². The third-order valence-corrected chi connectivity index (χ3v) is 5.83. The maximum atomic E-state index is 12.8. The van der Waals surface area contributed by atoms with E-state index in [1.807, 2.05) is 0 Å². The number of carbonyl (C=O) groups excluding carboxylic acids is 1. The number of rotatable bonds is 6. The Balaban J connectivity index is 2.41. The van der Waals surface area contributed by atoms with Crippen molar-refractivity contribution < 1.29 is 14.6 Å². The highest BCUT2D eigenvalue weighted by molar-refractivity contribution is 8.00. The van der Waals surface area contributed by atoms with Crippen molar-refractivity contribution in [3.8, 4) is 17.1 Å². The average molecular weight is 415 g/mol. The van der Waals surface area contributed by atoms with Gasteiger partial charge in [-0.3, -0.25) is 13.9 Å². The Kier molecular flexibility index (Phi) is 5.73. The van der Waals surface area contributed by atoms with Crippen LogP contribution in [0.4, 0.5) is 0 Å². The fraction of sp³-hybridized carbons (Fsp3) is 0.316. The molecule has 0 radical (unpaired) electrons. The molecule has 0 aliphatic heterocycles. The molecule has 0 aliphatic rings. The molecule has 0 fully saturated rings. The molecule has 0 unspecified atom stereocenters. The SMILES string of the molecule is CC[C@@H](Sc1nc(-c2ccccc2OC)nc2c1c(=O)n(C)c(=O)n2C)C(=O)[O-]. The number of aryl methyl sites for hydroxylation is 1. The highest BCUT2D eigenvalue weighted by atomic mass is 32.2. The van der Waals surface area contributed by atoms with Crippen LogP contribution in [-0.2, 0) is 18.9 Å². The molecule has 152 valence electrons. The zero-order chi connectivity index (χ0) is 21.3. The third kappa shape index (κ3) is 3.63. The third-order valence-electron chi connectivity index (χ3n) is 4.50. The van der Waals surface area contributed by atoms with Gasteiger partial charge >= 0.3 is 5.69 Å². The Hall–Kier alpha value is -3.14. The molecule has 3 aromatic rings. The van der Waals surface area contributed by atoms with Crippen LogP contribution >= 0.6 is 11.8 Å². The van der Waals surface area contributed by atoms with Gasteiger partial charge in [0.2, 0.25) is 0 Å². The van der Waals surface area contributed by atoms with E-state index in [-0.39, 0.29) is 28.3 Å². The van der Waals surface area contributed by atoms with Crippen LogP contribution in [-0.4, -0.2) is 37.4 Å². The summed E-state index contributed by atoms with van der Waals surface area (Å²) < 4.78 is 7.54. The molecule has 0 aliphatic carbocycles. The number of aromatic nitrogens is 4. The number of benzene rings is 1. The van der Waals surface area contributed by atoms with E-state index in [9.17, 15) is 19.5 Å². The molecule has 0 saturated carbocycles. The maximum Gasteiger partial charge on any atom is 0.332 e. The molecule has 2 heterocycles. The van der Waals surface area contributed by atoms with Crippen molar-refractivity contribution in [3.05, 3.63) is 45.1 Å². The van der Waals surface area contributed by atoms with Crippen molar-refractivity contribution in [2.45, 2.75) is 23.6 Å². The minimum atomic E-state index is -1.26. The van der Waals surface area contributed by atoms with E-state index in [0.29, 0.717) is 11.3 Å². The smallest absolute Gasteiger partial charge is 0.332 e. The summed E-state index contributed by atoms with van der Waals surface area (Å²) in [5.74, 6) is -0.540. The van der Waals surface area contributed by atoms with Crippen LogP contribution in [0.2, 0.25) is 0 Å². The first-order chi connectivity index (χ1) is 13.8. The topological polar surface area (TPSA) is 119 Å². The number of carboxylic acid groups (broad SMARTS) is 1. The van der Waals surface area contributed by atoms with E-state index < -0.39 is 22.5 Å². The minimum absolute atomic E-state index is 0.0814. The van der Waals surface area contributed by atoms with Gasteiger partial charge in [-0.15, -0.1) is 0 Å². The van der Waals surface area contributed by atoms with Gasteiger partial charge in [0.15, 0.2) is 11.5 Å². The van der Waals surface area contributed by atoms with E-state index in [0.717, 1.165) is 16.3 Å². The lowest BCUT2D eigenvalue weighted by molar-refractivity contribution is -0.304. The lowest BCUT2D eigenvalue weighted by Gasteiger charge is -2.17. The second kappa shape index (κ2) is 8.08. The lowest BCUT2D eigenvalue weighted by Crippen LogP contribution is -2.38. The van der Waals surface area contributed by atoms with Gasteiger partial charge in [-0.2, -0.15) is 0 Å². The Bertz CT molecular complexity index is 1220. The molecular formula is C19H19N4O5S-. The van der Waals surface area contributed by atoms with Crippen molar-refractivity contribution >= 4 is 28.8 Å². The summed E-state index contributed by atoms with van der Waals surface area (Å²) in [6.45, 7) is 1.70. The van der Waals surface area contributed by atoms with Crippen LogP contribution < -0.4 is 21.1 Å². The molecule has 3 rings (SSSR count). The number of ether oxygens (including phenoxy) is 1. The van der Waals surface area contributed by atoms with Crippen molar-refractivity contribution in [3.63, 3.8) is 0 Å². The first-order valence-electron chi connectivity index (χ1n) is 8.78. The number of hydrogen-bond acceptors (Lipinski definition) is 8. The van der Waals surface area contributed by atoms with Crippen LogP contribution in [0.25, 0.3) is 22.4 Å². The van der Waals surface area contributed by atoms with Crippen LogP contribution in [0.1, 0.15) is 13.3 Å². The second-order valence-electron chi connectivity index (χ2n) is 6.29. The van der Waals surface area contributed by atoms with Gasteiger partial charge in [0, 0.05) is 14.1 Å². The summed E-state index contributed by atoms with van der Waals surface area (Å²) in [4.78, 5) is 45.6. The summed E-state index contributed by atoms with van der Waals surface area (Å²) in [5.41, 5.74) is -0.474. The predicted molar refractivity (Wildman–Crippen MR) is 107 cm³/mol. The van der Waals surface area contributed by atoms with Crippen molar-refractivity contribution in [1.82, 2.24) is 19.1 Å². The van der Waals surface area contributed by atoms with Gasteiger partial charge < -0.3 is 14.6 Å². The highest BCUT2D eigenvalue weighted by Crippen LogP contribution is 2.32. The largest absolute Gasteiger partial charge is 0.549 e. The highest BCUT2D eigenvalue weighted by Gasteiger charge is 2.22. The van der Waals surface area contributed by atoms with E-state index in [1.54, 1.807) is 31.2 Å². The summed E-state index contributed by atoms with van der Waals surface area (Å²) in [6, 6.07) is 7.03. The molecule has 1 atom stereocenters. The van der Waals surface area contributed by atoms with E-state index in [1.165, 1.54) is 25.8 Å². The minimum Gasteiger partial charge on any atom is -0.549 e. The Labute approximate surface area is 170 Å². The number of aliphatic carboxylic acids is 1. The van der Waals surface area contributed by atoms with Gasteiger partial charge in [0.25, 0.3) is 5.56 Å². The number of carboxylic acids is 1. The number of fused-ring (bicyclic) bond motifs is 1. The molecule has 0 bridgehead atoms. The van der Waals surface area contributed by atoms with Gasteiger partial charge in [-0.1, -0.05) is 30.8 Å². The van der Waals surface area contributed by atoms with Gasteiger partial charge in [0.1, 0.15) is 16.2 Å². The van der Waals surface area contributed by atoms with E-state index in [2.05, 4.69) is 9.97 Å². The summed E-state index contributed by atoms with van der Waals surface area (Å²) in [7, 11) is 4.35. The van der Waals surface area contributed by atoms with Crippen molar-refractivity contribution in [2.75, 3.05) is 7.11 Å². The number of para-hydroxylation sites is 1. The van der Waals surface area contributed by atoms with Crippen LogP contribution in [0.3, 0.4) is 0 Å². The maximum absolute atomic E-state index is 12.8. The normalized spacial score (nSPS) is 12.1. The standard InChI is InChI=1S/C19H20N4O5S/c1-5-12(18(25)26)29-16-13-15(22(2)19(27)23(3)17(13)24)20-14(21-16)10-8-6-7-9-11(10)28-4/h6-9,12H,5H2,1-4H3,(H,25,26)/p-1/t12-/m1/s1. The molecule has 1 aromatic carbocycles. The van der Waals surface area contributed by atoms with Gasteiger partial charge in [-0.25, -0.2) is 14.8 Å². The number of carbonyl (C=O) groups is 1. The molecule has 10 heteroatoms. The van der Waals surface area contributed by atoms with E-state index >= 15 is 0 Å². The number of nitrogens with zero attached hydrogens (tertiary/aromatic N) is 4. The molecule has 9 nitrogen and oxygen atoms in total. The van der Waals surface area contributed by atoms with Gasteiger partial charge in [-0.05, 0) is 18.6 Å². The lowest BCUT2D eigenvalue weighted by atomic mass is 10.2. The Morgan fingerprint density at radius 1 is 1.21 bits per heavy atom. The first-order valence-corrected chi connectivity index (χ1v) is 9.66. The number of methoxy groups -OCH3 is 1. The average Bonchev–Trinajstić information content (AvgIpc) is 2.73. The second-order valence-corrected chi connectivity index (χ2v) is 7.48. The van der Waals surface area contributed by atoms with Gasteiger partial charge in [0.05, 0.1) is 23.9 Å². The summed E-state index contributed by atoms with van der Waals surface area (Å²) >= 11 is 0.903. The van der Waals surface area contributed by atoms with E-state index in [4.69, 9.17) is 4.74 Å². The summed E-state index contributed by atoms with van der Waals surface area (Å²) in [6.07, 6.45) is 0.272.